The van der Waals surface area contributed by atoms with Crippen LogP contribution in [0.15, 0.2) is 18.7 Å². The van der Waals surface area contributed by atoms with Crippen molar-refractivity contribution >= 4 is 17.2 Å². The molecule has 4 heteroatoms. The maximum absolute atomic E-state index is 11.1. The Morgan fingerprint density at radius 1 is 1.57 bits per heavy atom. The first kappa shape index (κ1) is 10.2. The van der Waals surface area contributed by atoms with Gasteiger partial charge >= 0.3 is 5.97 Å². The number of hydrogen-bond donors (Lipinski definition) is 1. The van der Waals surface area contributed by atoms with Gasteiger partial charge in [-0.3, -0.25) is 0 Å². The SMILES string of the molecule is C=C(C)c1nc(C(=O)OC)ccc1N. The fraction of sp³-hybridized carbons (Fsp3) is 0.200. The van der Waals surface area contributed by atoms with Gasteiger partial charge in [0.2, 0.25) is 0 Å². The fourth-order valence-corrected chi connectivity index (χ4v) is 1.03. The van der Waals surface area contributed by atoms with E-state index in [9.17, 15) is 4.79 Å². The Morgan fingerprint density at radius 2 is 2.21 bits per heavy atom. The molecule has 0 fully saturated rings. The predicted molar refractivity (Wildman–Crippen MR) is 54.7 cm³/mol. The summed E-state index contributed by atoms with van der Waals surface area (Å²) in [5.41, 5.74) is 7.65. The lowest BCUT2D eigenvalue weighted by Crippen LogP contribution is -2.07. The van der Waals surface area contributed by atoms with Gasteiger partial charge in [-0.25, -0.2) is 9.78 Å². The summed E-state index contributed by atoms with van der Waals surface area (Å²) in [6, 6.07) is 3.14. The van der Waals surface area contributed by atoms with E-state index in [2.05, 4.69) is 16.3 Å². The summed E-state index contributed by atoms with van der Waals surface area (Å²) in [5.74, 6) is -0.479. The van der Waals surface area contributed by atoms with Gasteiger partial charge in [0.25, 0.3) is 0 Å². The van der Waals surface area contributed by atoms with Crippen molar-refractivity contribution in [1.82, 2.24) is 4.98 Å². The minimum Gasteiger partial charge on any atom is -0.464 e. The molecule has 0 aliphatic heterocycles. The fourth-order valence-electron chi connectivity index (χ4n) is 1.03. The number of nitrogens with zero attached hydrogens (tertiary/aromatic N) is 1. The highest BCUT2D eigenvalue weighted by molar-refractivity contribution is 5.88. The van der Waals surface area contributed by atoms with E-state index < -0.39 is 5.97 Å². The van der Waals surface area contributed by atoms with Crippen molar-refractivity contribution < 1.29 is 9.53 Å². The summed E-state index contributed by atoms with van der Waals surface area (Å²) in [7, 11) is 1.31. The van der Waals surface area contributed by atoms with E-state index in [0.29, 0.717) is 17.0 Å². The number of allylic oxidation sites excluding steroid dienone is 1. The van der Waals surface area contributed by atoms with Crippen LogP contribution in [0.1, 0.15) is 23.1 Å². The second kappa shape index (κ2) is 3.91. The lowest BCUT2D eigenvalue weighted by atomic mass is 10.2. The Hall–Kier alpha value is -1.84. The van der Waals surface area contributed by atoms with Crippen LogP contribution in [-0.4, -0.2) is 18.1 Å². The molecule has 0 saturated heterocycles. The molecular formula is C10H12N2O2. The van der Waals surface area contributed by atoms with Crippen LogP contribution in [0, 0.1) is 0 Å². The van der Waals surface area contributed by atoms with Gasteiger partial charge in [0.15, 0.2) is 0 Å². The zero-order chi connectivity index (χ0) is 10.7. The number of nitrogens with two attached hydrogens (primary N) is 1. The van der Waals surface area contributed by atoms with Crippen LogP contribution in [-0.2, 0) is 4.74 Å². The highest BCUT2D eigenvalue weighted by Gasteiger charge is 2.10. The molecule has 2 N–H and O–H groups in total. The molecule has 0 saturated carbocycles. The third-order valence-corrected chi connectivity index (χ3v) is 1.73. The first-order valence-corrected chi connectivity index (χ1v) is 4.07. The van der Waals surface area contributed by atoms with Crippen LogP contribution in [0.2, 0.25) is 0 Å². The predicted octanol–water partition coefficient (Wildman–Crippen LogP) is 1.48. The quantitative estimate of drug-likeness (QED) is 0.721. The molecule has 0 atom stereocenters. The lowest BCUT2D eigenvalue weighted by molar-refractivity contribution is 0.0594. The largest absolute Gasteiger partial charge is 0.464 e. The molecule has 0 bridgehead atoms. The van der Waals surface area contributed by atoms with E-state index in [1.165, 1.54) is 13.2 Å². The molecular weight excluding hydrogens is 180 g/mol. The molecule has 0 radical (unpaired) electrons. The first-order valence-electron chi connectivity index (χ1n) is 4.07. The molecule has 0 aliphatic carbocycles. The number of rotatable bonds is 2. The van der Waals surface area contributed by atoms with Crippen molar-refractivity contribution in [2.45, 2.75) is 6.92 Å². The smallest absolute Gasteiger partial charge is 0.356 e. The molecule has 0 amide bonds. The van der Waals surface area contributed by atoms with Crippen LogP contribution in [0.25, 0.3) is 5.57 Å². The number of esters is 1. The average molecular weight is 192 g/mol. The molecule has 0 unspecified atom stereocenters. The molecule has 14 heavy (non-hydrogen) atoms. The Bertz CT molecular complexity index is 386. The third kappa shape index (κ3) is 1.90. The van der Waals surface area contributed by atoms with Crippen molar-refractivity contribution in [3.63, 3.8) is 0 Å². The zero-order valence-electron chi connectivity index (χ0n) is 8.20. The normalized spacial score (nSPS) is 9.57. The van der Waals surface area contributed by atoms with Gasteiger partial charge in [0.1, 0.15) is 5.69 Å². The van der Waals surface area contributed by atoms with Crippen molar-refractivity contribution in [2.75, 3.05) is 12.8 Å². The first-order chi connectivity index (χ1) is 6.56. The average Bonchev–Trinajstić information content (AvgIpc) is 2.17. The van der Waals surface area contributed by atoms with Crippen molar-refractivity contribution in [3.8, 4) is 0 Å². The van der Waals surface area contributed by atoms with Crippen LogP contribution < -0.4 is 5.73 Å². The summed E-state index contributed by atoms with van der Waals surface area (Å²) >= 11 is 0. The van der Waals surface area contributed by atoms with Crippen molar-refractivity contribution in [3.05, 3.63) is 30.1 Å². The molecule has 0 aromatic carbocycles. The van der Waals surface area contributed by atoms with Crippen LogP contribution >= 0.6 is 0 Å². The van der Waals surface area contributed by atoms with Gasteiger partial charge in [-0.15, -0.1) is 0 Å². The number of ether oxygens (including phenoxy) is 1. The van der Waals surface area contributed by atoms with Gasteiger partial charge in [-0.05, 0) is 24.6 Å². The summed E-state index contributed by atoms with van der Waals surface area (Å²) in [6.45, 7) is 5.50. The topological polar surface area (TPSA) is 65.2 Å². The number of carbonyl (C=O) groups excluding carboxylic acids is 1. The zero-order valence-corrected chi connectivity index (χ0v) is 8.20. The standard InChI is InChI=1S/C10H12N2O2/c1-6(2)9-7(11)4-5-8(12-9)10(13)14-3/h4-5H,1,11H2,2-3H3. The maximum atomic E-state index is 11.1. The van der Waals surface area contributed by atoms with Gasteiger partial charge in [0.05, 0.1) is 18.5 Å². The second-order valence-corrected chi connectivity index (χ2v) is 2.91. The molecule has 0 aliphatic rings. The second-order valence-electron chi connectivity index (χ2n) is 2.91. The minimum atomic E-state index is -0.479. The summed E-state index contributed by atoms with van der Waals surface area (Å²) in [6.07, 6.45) is 0. The monoisotopic (exact) mass is 192 g/mol. The Balaban J connectivity index is 3.19. The Morgan fingerprint density at radius 3 is 2.71 bits per heavy atom. The molecule has 74 valence electrons. The number of carbonyl (C=O) groups is 1. The minimum absolute atomic E-state index is 0.236. The molecule has 1 rings (SSSR count). The molecule has 4 nitrogen and oxygen atoms in total. The summed E-state index contributed by atoms with van der Waals surface area (Å²) in [4.78, 5) is 15.2. The number of anilines is 1. The van der Waals surface area contributed by atoms with Crippen molar-refractivity contribution in [2.24, 2.45) is 0 Å². The summed E-state index contributed by atoms with van der Waals surface area (Å²) < 4.78 is 4.54. The highest BCUT2D eigenvalue weighted by atomic mass is 16.5. The van der Waals surface area contributed by atoms with E-state index in [1.54, 1.807) is 13.0 Å². The third-order valence-electron chi connectivity index (χ3n) is 1.73. The van der Waals surface area contributed by atoms with E-state index in [4.69, 9.17) is 5.73 Å². The van der Waals surface area contributed by atoms with Gasteiger partial charge in [-0.2, -0.15) is 0 Å². The maximum Gasteiger partial charge on any atom is 0.356 e. The molecule has 1 aromatic heterocycles. The van der Waals surface area contributed by atoms with Crippen molar-refractivity contribution in [1.29, 1.82) is 0 Å². The van der Waals surface area contributed by atoms with Crippen LogP contribution in [0.3, 0.4) is 0 Å². The summed E-state index contributed by atoms with van der Waals surface area (Å²) in [5, 5.41) is 0. The van der Waals surface area contributed by atoms with E-state index in [1.807, 2.05) is 0 Å². The van der Waals surface area contributed by atoms with Gasteiger partial charge < -0.3 is 10.5 Å². The number of methoxy groups -OCH3 is 1. The van der Waals surface area contributed by atoms with Crippen LogP contribution in [0.4, 0.5) is 5.69 Å². The Labute approximate surface area is 82.4 Å². The molecule has 1 heterocycles. The highest BCUT2D eigenvalue weighted by Crippen LogP contribution is 2.17. The number of hydrogen-bond acceptors (Lipinski definition) is 4. The number of pyridine rings is 1. The number of aromatic nitrogens is 1. The van der Waals surface area contributed by atoms with Gasteiger partial charge in [-0.1, -0.05) is 6.58 Å². The van der Waals surface area contributed by atoms with Gasteiger partial charge in [0, 0.05) is 0 Å². The van der Waals surface area contributed by atoms with E-state index >= 15 is 0 Å². The van der Waals surface area contributed by atoms with E-state index in [0.717, 1.165) is 0 Å². The Kier molecular flexibility index (Phi) is 2.86. The lowest BCUT2D eigenvalue weighted by Gasteiger charge is -2.05. The van der Waals surface area contributed by atoms with Crippen LogP contribution in [0.5, 0.6) is 0 Å². The van der Waals surface area contributed by atoms with E-state index in [-0.39, 0.29) is 5.69 Å². The number of nitrogen functional groups attached to an aromatic ring is 1. The molecule has 1 aromatic rings. The molecule has 0 spiro atoms.